The van der Waals surface area contributed by atoms with Gasteiger partial charge in [-0.2, -0.15) is 0 Å². The summed E-state index contributed by atoms with van der Waals surface area (Å²) in [6.45, 7) is 4.18. The number of aromatic carboxylic acids is 1. The van der Waals surface area contributed by atoms with E-state index in [0.717, 1.165) is 63.4 Å². The molecule has 18 atom stereocenters. The summed E-state index contributed by atoms with van der Waals surface area (Å²) in [5.74, 6) is -0.623. The van der Waals surface area contributed by atoms with Crippen molar-refractivity contribution >= 4 is 22.5 Å². The number of aliphatic hydroxyl groups is 4. The Labute approximate surface area is 458 Å². The predicted octanol–water partition coefficient (Wildman–Crippen LogP) is 10.5. The van der Waals surface area contributed by atoms with E-state index in [1.807, 2.05) is 0 Å². The molecule has 8 saturated carbocycles. The smallest absolute Gasteiger partial charge is 0.335 e. The Kier molecular flexibility index (Phi) is 11.5. The molecular weight excluding hydrogens is 989 g/mol. The van der Waals surface area contributed by atoms with Gasteiger partial charge in [-0.05, 0) is 235 Å². The standard InChI is InChI=1S/C65H84O13/c1-34-47(35(2)67)52(69)49-41(51(34)68)24-36(57(73)74)25-45(49)76-58-53(70)54(71)65-28-42-43-27-59(19-21-62(31-59)18-13-39-9-5-8-38-10-6-16-61(38)20-22-64(39,62)32-61)26-37-30-75-33-63(50(37)43,17-7-23-66)44-12-11-40(48(42)44)46(78-65)29-60(14-3-4-15-60)55(72)56(65)77-58/h12,24-25,37-39,42-43,46,50,53-56,58,66,68-72H,3-11,13-23,26-33H2,1-2H3,(H,73,74). The Balaban J connectivity index is 0.845. The summed E-state index contributed by atoms with van der Waals surface area (Å²) in [6.07, 6.45) is 22.5. The van der Waals surface area contributed by atoms with Crippen molar-refractivity contribution in [3.63, 3.8) is 0 Å². The van der Waals surface area contributed by atoms with Gasteiger partial charge in [0, 0.05) is 35.0 Å². The van der Waals surface area contributed by atoms with Crippen LogP contribution in [-0.2, 0) is 14.2 Å². The average molecular weight is 1070 g/mol. The first-order chi connectivity index (χ1) is 37.5. The number of ether oxygens (including phenoxy) is 4. The Morgan fingerprint density at radius 1 is 0.821 bits per heavy atom. The summed E-state index contributed by atoms with van der Waals surface area (Å²) in [6, 6.07) is 2.37. The molecule has 11 fully saturated rings. The zero-order valence-corrected chi connectivity index (χ0v) is 46.0. The second-order valence-electron chi connectivity index (χ2n) is 29.0. The minimum Gasteiger partial charge on any atom is -0.507 e. The molecule has 2 aromatic carbocycles. The van der Waals surface area contributed by atoms with Crippen molar-refractivity contribution in [2.45, 2.75) is 217 Å². The van der Waals surface area contributed by atoms with E-state index in [2.05, 4.69) is 6.08 Å². The first-order valence-corrected chi connectivity index (χ1v) is 30.9. The van der Waals surface area contributed by atoms with Crippen molar-refractivity contribution in [2.24, 2.45) is 68.0 Å². The van der Waals surface area contributed by atoms with Crippen LogP contribution in [-0.4, -0.2) is 110 Å². The Hall–Kier alpha value is -3.56. The molecule has 7 N–H and O–H groups in total. The summed E-state index contributed by atoms with van der Waals surface area (Å²) in [7, 11) is 0. The summed E-state index contributed by atoms with van der Waals surface area (Å²) >= 11 is 0. The fourth-order valence-electron chi connectivity index (χ4n) is 23.6. The van der Waals surface area contributed by atoms with Crippen molar-refractivity contribution in [3.05, 3.63) is 51.6 Å². The van der Waals surface area contributed by atoms with Crippen LogP contribution >= 0.6 is 0 Å². The number of Topliss-reactive ketones (excluding diaryl/α,β-unsaturated/α-hetero) is 1. The van der Waals surface area contributed by atoms with E-state index in [1.54, 1.807) is 0 Å². The molecule has 18 unspecified atom stereocenters. The molecular formula is C65H84O13. The van der Waals surface area contributed by atoms with Gasteiger partial charge in [0.2, 0.25) is 6.29 Å². The second-order valence-corrected chi connectivity index (χ2v) is 29.0. The van der Waals surface area contributed by atoms with Crippen LogP contribution in [0.4, 0.5) is 0 Å². The molecule has 78 heavy (non-hydrogen) atoms. The second kappa shape index (κ2) is 17.5. The number of phenols is 2. The third-order valence-corrected chi connectivity index (χ3v) is 26.3. The third-order valence-electron chi connectivity index (χ3n) is 26.3. The van der Waals surface area contributed by atoms with E-state index in [4.69, 9.17) is 18.9 Å². The zero-order valence-electron chi connectivity index (χ0n) is 46.0. The highest BCUT2D eigenvalue weighted by atomic mass is 16.7. The highest BCUT2D eigenvalue weighted by molar-refractivity contribution is 6.11. The van der Waals surface area contributed by atoms with Gasteiger partial charge in [-0.15, -0.1) is 0 Å². The Morgan fingerprint density at radius 3 is 2.41 bits per heavy atom. The van der Waals surface area contributed by atoms with E-state index in [0.29, 0.717) is 54.5 Å². The van der Waals surface area contributed by atoms with Gasteiger partial charge in [0.15, 0.2) is 5.78 Å². The number of aliphatic hydroxyl groups excluding tert-OH is 4. The monoisotopic (exact) mass is 1070 g/mol. The fourth-order valence-corrected chi connectivity index (χ4v) is 23.6. The van der Waals surface area contributed by atoms with E-state index < -0.39 is 71.1 Å². The molecule has 3 saturated heterocycles. The number of carboxylic acids is 1. The molecule has 4 aliphatic heterocycles. The lowest BCUT2D eigenvalue weighted by Gasteiger charge is -2.64. The van der Waals surface area contributed by atoms with Crippen LogP contribution < -0.4 is 4.74 Å². The topological polar surface area (TPSA) is 213 Å². The Morgan fingerprint density at radius 2 is 1.62 bits per heavy atom. The number of hydrogen-bond donors (Lipinski definition) is 7. The van der Waals surface area contributed by atoms with Crippen molar-refractivity contribution in [1.82, 2.24) is 0 Å². The van der Waals surface area contributed by atoms with Crippen molar-refractivity contribution in [3.8, 4) is 17.2 Å². The molecule has 13 aliphatic rings. The van der Waals surface area contributed by atoms with Crippen LogP contribution in [0.15, 0.2) is 34.9 Å². The number of carboxylic acid groups (broad SMARTS) is 1. The quantitative estimate of drug-likeness (QED) is 0.102. The first kappa shape index (κ1) is 51.3. The van der Waals surface area contributed by atoms with Gasteiger partial charge in [0.25, 0.3) is 0 Å². The maximum Gasteiger partial charge on any atom is 0.335 e. The zero-order chi connectivity index (χ0) is 53.7. The number of phenolic OH excluding ortho intramolecular Hbond substituents is 2. The normalized spacial score (nSPS) is 46.3. The predicted molar refractivity (Wildman–Crippen MR) is 288 cm³/mol. The molecule has 13 nitrogen and oxygen atoms in total. The lowest BCUT2D eigenvalue weighted by Crippen LogP contribution is -2.72. The van der Waals surface area contributed by atoms with Crippen molar-refractivity contribution in [1.29, 1.82) is 0 Å². The van der Waals surface area contributed by atoms with Crippen LogP contribution in [0.5, 0.6) is 17.2 Å². The van der Waals surface area contributed by atoms with Gasteiger partial charge in [0.05, 0.1) is 35.3 Å². The van der Waals surface area contributed by atoms with Crippen LogP contribution in [0, 0.1) is 74.9 Å². The summed E-state index contributed by atoms with van der Waals surface area (Å²) in [4.78, 5) is 25.7. The number of ketones is 1. The molecule has 4 heterocycles. The molecule has 0 amide bonds. The number of carbonyl (C=O) groups excluding carboxylic acids is 1. The maximum atomic E-state index is 13.4. The maximum absolute atomic E-state index is 13.4. The van der Waals surface area contributed by atoms with Gasteiger partial charge in [-0.25, -0.2) is 4.79 Å². The molecule has 422 valence electrons. The van der Waals surface area contributed by atoms with Crippen molar-refractivity contribution < 1.29 is 64.3 Å². The van der Waals surface area contributed by atoms with Gasteiger partial charge < -0.3 is 54.7 Å². The highest BCUT2D eigenvalue weighted by Crippen LogP contribution is 2.81. The molecule has 9 aliphatic carbocycles. The third kappa shape index (κ3) is 6.67. The number of benzene rings is 2. The van der Waals surface area contributed by atoms with E-state index in [9.17, 15) is 45.3 Å². The van der Waals surface area contributed by atoms with E-state index >= 15 is 0 Å². The molecule has 2 aromatic rings. The lowest BCUT2D eigenvalue weighted by molar-refractivity contribution is -0.339. The molecule has 15 rings (SSSR count). The molecule has 0 radical (unpaired) electrons. The van der Waals surface area contributed by atoms with Crippen LogP contribution in [0.2, 0.25) is 0 Å². The van der Waals surface area contributed by atoms with Crippen LogP contribution in [0.1, 0.15) is 194 Å². The highest BCUT2D eigenvalue weighted by Gasteiger charge is 2.74. The number of fused-ring (bicyclic) bond motifs is 5. The summed E-state index contributed by atoms with van der Waals surface area (Å²) < 4.78 is 28.3. The molecule has 6 spiro atoms. The molecule has 0 aromatic heterocycles. The van der Waals surface area contributed by atoms with Gasteiger partial charge in [0.1, 0.15) is 41.2 Å². The summed E-state index contributed by atoms with van der Waals surface area (Å²) in [5.41, 5.74) is 2.50. The fraction of sp³-hybridized carbons (Fsp3) is 0.754. The Bertz CT molecular complexity index is 2940. The minimum atomic E-state index is -1.78. The van der Waals surface area contributed by atoms with Crippen LogP contribution in [0.3, 0.4) is 0 Å². The number of rotatable bonds is 7. The minimum absolute atomic E-state index is 0.0710. The number of aromatic hydroxyl groups is 2. The first-order valence-electron chi connectivity index (χ1n) is 30.9. The van der Waals surface area contributed by atoms with Gasteiger partial charge in [-0.3, -0.25) is 4.79 Å². The van der Waals surface area contributed by atoms with Gasteiger partial charge >= 0.3 is 5.97 Å². The number of carbonyl (C=O) groups is 2. The number of allylic oxidation sites excluding steroid dienone is 2. The largest absolute Gasteiger partial charge is 0.507 e. The number of hydrogen-bond acceptors (Lipinski definition) is 12. The summed E-state index contributed by atoms with van der Waals surface area (Å²) in [5, 5.41) is 83.5. The van der Waals surface area contributed by atoms with Crippen LogP contribution in [0.25, 0.3) is 10.8 Å². The van der Waals surface area contributed by atoms with E-state index in [-0.39, 0.29) is 68.4 Å². The van der Waals surface area contributed by atoms with Crippen molar-refractivity contribution in [2.75, 3.05) is 19.8 Å². The molecule has 4 bridgehead atoms. The molecule has 13 heteroatoms. The average Bonchev–Trinajstić information content (AvgIpc) is 2.62. The van der Waals surface area contributed by atoms with E-state index in [1.165, 1.54) is 133 Å². The lowest BCUT2D eigenvalue weighted by atomic mass is 9.42. The SMILES string of the molecule is CC(=O)c1c(C)c(O)c2cc(C(=O)O)cc(OC3OC4C(O)C5(CCCC5)CC5OC4(CC4C6=C5CC=C6C5(CCCO)COCC6CC7(CCC8(CCC9CCCC%10CCCC%10%11CCC98C%11)C7)CC4C65)C(O)C3O)c2c1O. The van der Waals surface area contributed by atoms with Gasteiger partial charge in [-0.1, -0.05) is 31.8 Å².